The molecule has 1 saturated heterocycles. The highest BCUT2D eigenvalue weighted by Crippen LogP contribution is 2.20. The molecule has 1 atom stereocenters. The average molecular weight is 231 g/mol. The first-order valence-corrected chi connectivity index (χ1v) is 5.99. The number of aromatic nitrogens is 3. The summed E-state index contributed by atoms with van der Waals surface area (Å²) in [4.78, 5) is 2.36. The molecule has 0 amide bonds. The van der Waals surface area contributed by atoms with Crippen LogP contribution in [0.15, 0.2) is 18.2 Å². The number of anilines is 1. The van der Waals surface area contributed by atoms with Gasteiger partial charge in [-0.15, -0.1) is 5.10 Å². The van der Waals surface area contributed by atoms with Crippen molar-refractivity contribution >= 4 is 16.7 Å². The lowest BCUT2D eigenvalue weighted by atomic mass is 10.1. The van der Waals surface area contributed by atoms with Gasteiger partial charge in [0.05, 0.1) is 5.52 Å². The molecule has 2 N–H and O–H groups in total. The summed E-state index contributed by atoms with van der Waals surface area (Å²) < 4.78 is 1.98. The van der Waals surface area contributed by atoms with Crippen LogP contribution in [0.5, 0.6) is 0 Å². The average Bonchev–Trinajstić information content (AvgIpc) is 2.87. The van der Waals surface area contributed by atoms with Crippen LogP contribution in [0, 0.1) is 5.92 Å². The van der Waals surface area contributed by atoms with E-state index in [-0.39, 0.29) is 0 Å². The van der Waals surface area contributed by atoms with Crippen molar-refractivity contribution in [3.8, 4) is 0 Å². The number of nitrogens with zero attached hydrogens (tertiary/aromatic N) is 4. The van der Waals surface area contributed by atoms with Crippen molar-refractivity contribution in [1.29, 1.82) is 0 Å². The van der Waals surface area contributed by atoms with Crippen LogP contribution in [0.25, 0.3) is 11.0 Å². The van der Waals surface area contributed by atoms with E-state index in [4.69, 9.17) is 5.73 Å². The summed E-state index contributed by atoms with van der Waals surface area (Å²) in [6.45, 7) is 3.26. The molecule has 0 aliphatic carbocycles. The van der Waals surface area contributed by atoms with E-state index >= 15 is 0 Å². The van der Waals surface area contributed by atoms with Crippen LogP contribution in [-0.4, -0.2) is 40.0 Å². The Morgan fingerprint density at radius 3 is 3.12 bits per heavy atom. The number of hydrogen-bond donors (Lipinski definition) is 1. The molecular weight excluding hydrogens is 214 g/mol. The molecule has 3 rings (SSSR count). The smallest absolute Gasteiger partial charge is 0.113 e. The molecule has 90 valence electrons. The minimum atomic E-state index is 0.673. The van der Waals surface area contributed by atoms with Crippen molar-refractivity contribution in [2.45, 2.75) is 13.0 Å². The van der Waals surface area contributed by atoms with Crippen LogP contribution in [0.1, 0.15) is 6.42 Å². The molecule has 5 heteroatoms. The van der Waals surface area contributed by atoms with E-state index < -0.39 is 0 Å². The molecule has 1 unspecified atom stereocenters. The SMILES string of the molecule is CN1CCC(Cn2nnc3ccc(N)cc32)C1. The minimum Gasteiger partial charge on any atom is -0.399 e. The van der Waals surface area contributed by atoms with Crippen LogP contribution >= 0.6 is 0 Å². The molecule has 17 heavy (non-hydrogen) atoms. The Balaban J connectivity index is 1.87. The highest BCUT2D eigenvalue weighted by Gasteiger charge is 2.20. The van der Waals surface area contributed by atoms with E-state index in [0.29, 0.717) is 5.92 Å². The molecule has 0 radical (unpaired) electrons. The second-order valence-electron chi connectivity index (χ2n) is 4.94. The van der Waals surface area contributed by atoms with Crippen molar-refractivity contribution in [2.24, 2.45) is 5.92 Å². The quantitative estimate of drug-likeness (QED) is 0.782. The van der Waals surface area contributed by atoms with Gasteiger partial charge in [-0.25, -0.2) is 4.68 Å². The molecule has 0 bridgehead atoms. The topological polar surface area (TPSA) is 60.0 Å². The molecule has 2 aromatic rings. The number of hydrogen-bond acceptors (Lipinski definition) is 4. The normalized spacial score (nSPS) is 21.4. The lowest BCUT2D eigenvalue weighted by molar-refractivity contribution is 0.370. The van der Waals surface area contributed by atoms with Crippen LogP contribution in [0.2, 0.25) is 0 Å². The van der Waals surface area contributed by atoms with Gasteiger partial charge < -0.3 is 10.6 Å². The van der Waals surface area contributed by atoms with E-state index in [1.807, 2.05) is 22.9 Å². The summed E-state index contributed by atoms with van der Waals surface area (Å²) in [5.74, 6) is 0.673. The van der Waals surface area contributed by atoms with Gasteiger partial charge in [0.1, 0.15) is 5.52 Å². The second kappa shape index (κ2) is 4.00. The van der Waals surface area contributed by atoms with E-state index in [1.165, 1.54) is 13.0 Å². The third-order valence-electron chi connectivity index (χ3n) is 3.46. The van der Waals surface area contributed by atoms with Crippen LogP contribution in [0.3, 0.4) is 0 Å². The highest BCUT2D eigenvalue weighted by atomic mass is 15.4. The third kappa shape index (κ3) is 1.98. The van der Waals surface area contributed by atoms with Crippen molar-refractivity contribution in [2.75, 3.05) is 25.9 Å². The fourth-order valence-corrected chi connectivity index (χ4v) is 2.54. The molecule has 0 spiro atoms. The van der Waals surface area contributed by atoms with Gasteiger partial charge in [-0.2, -0.15) is 0 Å². The largest absolute Gasteiger partial charge is 0.399 e. The highest BCUT2D eigenvalue weighted by molar-refractivity contribution is 5.78. The van der Waals surface area contributed by atoms with E-state index in [0.717, 1.165) is 29.8 Å². The maximum absolute atomic E-state index is 5.81. The van der Waals surface area contributed by atoms with Crippen LogP contribution < -0.4 is 5.73 Å². The van der Waals surface area contributed by atoms with Crippen molar-refractivity contribution in [3.05, 3.63) is 18.2 Å². The lowest BCUT2D eigenvalue weighted by Crippen LogP contribution is -2.17. The third-order valence-corrected chi connectivity index (χ3v) is 3.46. The van der Waals surface area contributed by atoms with E-state index in [1.54, 1.807) is 0 Å². The predicted octanol–water partition coefficient (Wildman–Crippen LogP) is 0.965. The Labute approximate surface area is 100 Å². The van der Waals surface area contributed by atoms with Crippen molar-refractivity contribution in [1.82, 2.24) is 19.9 Å². The van der Waals surface area contributed by atoms with E-state index in [2.05, 4.69) is 22.3 Å². The first-order chi connectivity index (χ1) is 8.22. The fourth-order valence-electron chi connectivity index (χ4n) is 2.54. The summed E-state index contributed by atoms with van der Waals surface area (Å²) in [6, 6.07) is 5.74. The van der Waals surface area contributed by atoms with Gasteiger partial charge in [0, 0.05) is 18.8 Å². The summed E-state index contributed by atoms with van der Waals surface area (Å²) in [6.07, 6.45) is 1.24. The Kier molecular flexibility index (Phi) is 2.48. The molecule has 1 aliphatic rings. The van der Waals surface area contributed by atoms with Crippen molar-refractivity contribution in [3.63, 3.8) is 0 Å². The number of fused-ring (bicyclic) bond motifs is 1. The zero-order valence-electron chi connectivity index (χ0n) is 10.0. The molecular formula is C12H17N5. The Bertz CT molecular complexity index is 533. The first kappa shape index (κ1) is 10.5. The predicted molar refractivity (Wildman–Crippen MR) is 67.5 cm³/mol. The number of nitrogen functional groups attached to an aromatic ring is 1. The number of benzene rings is 1. The summed E-state index contributed by atoms with van der Waals surface area (Å²) in [5, 5.41) is 8.38. The summed E-state index contributed by atoms with van der Waals surface area (Å²) in [5.41, 5.74) is 8.54. The second-order valence-corrected chi connectivity index (χ2v) is 4.94. The molecule has 2 heterocycles. The maximum Gasteiger partial charge on any atom is 0.113 e. The molecule has 1 fully saturated rings. The van der Waals surface area contributed by atoms with E-state index in [9.17, 15) is 0 Å². The molecule has 1 aromatic carbocycles. The van der Waals surface area contributed by atoms with Crippen LogP contribution in [-0.2, 0) is 6.54 Å². The molecule has 0 saturated carbocycles. The number of rotatable bonds is 2. The van der Waals surface area contributed by atoms with Crippen molar-refractivity contribution < 1.29 is 0 Å². The lowest BCUT2D eigenvalue weighted by Gasteiger charge is -2.10. The first-order valence-electron chi connectivity index (χ1n) is 5.99. The Morgan fingerprint density at radius 1 is 1.47 bits per heavy atom. The Hall–Kier alpha value is -1.62. The van der Waals surface area contributed by atoms with Gasteiger partial charge in [-0.3, -0.25) is 0 Å². The van der Waals surface area contributed by atoms with Gasteiger partial charge >= 0.3 is 0 Å². The number of nitrogens with two attached hydrogens (primary N) is 1. The minimum absolute atomic E-state index is 0.673. The monoisotopic (exact) mass is 231 g/mol. The molecule has 5 nitrogen and oxygen atoms in total. The standard InChI is InChI=1S/C12H17N5/c1-16-5-4-9(7-16)8-17-12-6-10(13)2-3-11(12)14-15-17/h2-3,6,9H,4-5,7-8,13H2,1H3. The van der Waals surface area contributed by atoms with Gasteiger partial charge in [-0.05, 0) is 44.1 Å². The van der Waals surface area contributed by atoms with Gasteiger partial charge in [0.25, 0.3) is 0 Å². The molecule has 1 aliphatic heterocycles. The fraction of sp³-hybridized carbons (Fsp3) is 0.500. The van der Waals surface area contributed by atoms with Gasteiger partial charge in [-0.1, -0.05) is 5.21 Å². The maximum atomic E-state index is 5.81. The van der Waals surface area contributed by atoms with Crippen LogP contribution in [0.4, 0.5) is 5.69 Å². The van der Waals surface area contributed by atoms with Gasteiger partial charge in [0.2, 0.25) is 0 Å². The summed E-state index contributed by atoms with van der Waals surface area (Å²) in [7, 11) is 2.16. The number of likely N-dealkylation sites (tertiary alicyclic amines) is 1. The van der Waals surface area contributed by atoms with Gasteiger partial charge in [0.15, 0.2) is 0 Å². The zero-order valence-corrected chi connectivity index (χ0v) is 10.0. The molecule has 1 aromatic heterocycles. The summed E-state index contributed by atoms with van der Waals surface area (Å²) >= 11 is 0. The zero-order chi connectivity index (χ0) is 11.8. The Morgan fingerprint density at radius 2 is 2.35 bits per heavy atom.